The molecule has 0 amide bonds. The number of hydrogen-bond donors (Lipinski definition) is 3. The van der Waals surface area contributed by atoms with Crippen molar-refractivity contribution in [3.05, 3.63) is 0 Å². The van der Waals surface area contributed by atoms with Crippen molar-refractivity contribution >= 4 is 39.5 Å². The topological polar surface area (TPSA) is 237 Å². The van der Waals surface area contributed by atoms with Gasteiger partial charge in [0.25, 0.3) is 0 Å². The first-order chi connectivity index (χ1) is 51.9. The number of carbonyl (C=O) groups excluding carboxylic acids is 4. The Morgan fingerprint density at radius 2 is 0.430 bits per heavy atom. The molecule has 0 aliphatic heterocycles. The molecule has 0 radical (unpaired) electrons. The lowest BCUT2D eigenvalue weighted by atomic mass is 10.0. The first kappa shape index (κ1) is 105. The van der Waals surface area contributed by atoms with Crippen LogP contribution in [0.5, 0.6) is 0 Å². The van der Waals surface area contributed by atoms with Gasteiger partial charge in [0.05, 0.1) is 26.4 Å². The van der Waals surface area contributed by atoms with Gasteiger partial charge in [-0.25, -0.2) is 9.13 Å². The summed E-state index contributed by atoms with van der Waals surface area (Å²) in [6.45, 7) is 9.73. The van der Waals surface area contributed by atoms with E-state index in [0.29, 0.717) is 25.7 Å². The molecule has 0 aromatic carbocycles. The fourth-order valence-electron chi connectivity index (χ4n) is 13.8. The molecular formula is C88H172O17P2. The molecule has 17 nitrogen and oxygen atoms in total. The highest BCUT2D eigenvalue weighted by molar-refractivity contribution is 7.47. The highest BCUT2D eigenvalue weighted by atomic mass is 31.2. The minimum Gasteiger partial charge on any atom is -0.462 e. The van der Waals surface area contributed by atoms with Gasteiger partial charge in [0.1, 0.15) is 19.3 Å². The number of unbranched alkanes of at least 4 members (excludes halogenated alkanes) is 57. The van der Waals surface area contributed by atoms with Crippen LogP contribution in [-0.2, 0) is 65.4 Å². The highest BCUT2D eigenvalue weighted by Crippen LogP contribution is 2.45. The molecule has 0 aliphatic carbocycles. The van der Waals surface area contributed by atoms with Crippen molar-refractivity contribution in [1.29, 1.82) is 0 Å². The van der Waals surface area contributed by atoms with Crippen molar-refractivity contribution < 1.29 is 80.2 Å². The van der Waals surface area contributed by atoms with Crippen LogP contribution in [0, 0.1) is 11.8 Å². The van der Waals surface area contributed by atoms with Crippen molar-refractivity contribution in [2.45, 2.75) is 490 Å². The number of phosphoric ester groups is 2. The lowest BCUT2D eigenvalue weighted by molar-refractivity contribution is -0.161. The molecule has 636 valence electrons. The molecule has 2 unspecified atom stereocenters. The second-order valence-corrected chi connectivity index (χ2v) is 35.5. The molecule has 0 fully saturated rings. The lowest BCUT2D eigenvalue weighted by Crippen LogP contribution is -2.30. The summed E-state index contributed by atoms with van der Waals surface area (Å²) in [4.78, 5) is 73.2. The zero-order valence-corrected chi connectivity index (χ0v) is 72.2. The predicted octanol–water partition coefficient (Wildman–Crippen LogP) is 27.0. The van der Waals surface area contributed by atoms with Crippen molar-refractivity contribution in [3.63, 3.8) is 0 Å². The van der Waals surface area contributed by atoms with Gasteiger partial charge in [0.2, 0.25) is 0 Å². The molecular weight excluding hydrogens is 1390 g/mol. The van der Waals surface area contributed by atoms with E-state index < -0.39 is 97.5 Å². The third-order valence-electron chi connectivity index (χ3n) is 20.7. The van der Waals surface area contributed by atoms with Crippen molar-refractivity contribution in [1.82, 2.24) is 0 Å². The van der Waals surface area contributed by atoms with Crippen molar-refractivity contribution in [3.8, 4) is 0 Å². The van der Waals surface area contributed by atoms with Crippen molar-refractivity contribution in [2.24, 2.45) is 11.8 Å². The summed E-state index contributed by atoms with van der Waals surface area (Å²) >= 11 is 0. The second-order valence-electron chi connectivity index (χ2n) is 32.6. The van der Waals surface area contributed by atoms with Crippen LogP contribution < -0.4 is 0 Å². The van der Waals surface area contributed by atoms with E-state index in [1.165, 1.54) is 289 Å². The van der Waals surface area contributed by atoms with Gasteiger partial charge in [-0.3, -0.25) is 37.3 Å². The van der Waals surface area contributed by atoms with Gasteiger partial charge in [-0.05, 0) is 37.5 Å². The second kappa shape index (κ2) is 79.3. The summed E-state index contributed by atoms with van der Waals surface area (Å²) in [5.74, 6) is -0.469. The molecule has 5 atom stereocenters. The molecule has 0 aromatic rings. The summed E-state index contributed by atoms with van der Waals surface area (Å²) in [5.41, 5.74) is 0. The Morgan fingerprint density at radius 1 is 0.252 bits per heavy atom. The Hall–Kier alpha value is -1.94. The van der Waals surface area contributed by atoms with Crippen LogP contribution in [0.3, 0.4) is 0 Å². The maximum Gasteiger partial charge on any atom is 0.472 e. The van der Waals surface area contributed by atoms with Crippen LogP contribution >= 0.6 is 15.6 Å². The molecule has 0 saturated carbocycles. The summed E-state index contributed by atoms with van der Waals surface area (Å²) < 4.78 is 68.9. The van der Waals surface area contributed by atoms with Gasteiger partial charge in [-0.2, -0.15) is 0 Å². The standard InChI is InChI=1S/C88H172O17P2/c1-7-9-11-13-15-17-18-19-20-21-22-26-33-38-43-48-54-60-66-72-87(92)104-83(76-98-85(90)70-64-58-52-16-14-12-10-8-2)78-102-106(94,95)100-74-82(89)75-101-107(96,97)103-79-84(77-99-86(91)71-65-59-53-47-42-37-32-29-28-31-36-41-46-51-57-63-69-81(5)6)105-88(93)73-67-61-55-49-44-39-34-27-24-23-25-30-35-40-45-50-56-62-68-80(3)4/h80-84,89H,7-79H2,1-6H3,(H,94,95)(H,96,97)/t82-,83+,84+/m0/s1. The van der Waals surface area contributed by atoms with E-state index in [2.05, 4.69) is 41.5 Å². The summed E-state index contributed by atoms with van der Waals surface area (Å²) in [6.07, 6.45) is 72.4. The number of aliphatic hydroxyl groups excluding tert-OH is 1. The fourth-order valence-corrected chi connectivity index (χ4v) is 15.4. The summed E-state index contributed by atoms with van der Waals surface area (Å²) in [6, 6.07) is 0. The molecule has 0 bridgehead atoms. The molecule has 0 aliphatic rings. The van der Waals surface area contributed by atoms with E-state index >= 15 is 0 Å². The largest absolute Gasteiger partial charge is 0.472 e. The Morgan fingerprint density at radius 3 is 0.636 bits per heavy atom. The Balaban J connectivity index is 5.18. The number of rotatable bonds is 87. The van der Waals surface area contributed by atoms with Crippen LogP contribution in [-0.4, -0.2) is 96.7 Å². The third-order valence-corrected chi connectivity index (χ3v) is 22.6. The van der Waals surface area contributed by atoms with Crippen molar-refractivity contribution in [2.75, 3.05) is 39.6 Å². The summed E-state index contributed by atoms with van der Waals surface area (Å²) in [5, 5.41) is 10.7. The Kier molecular flexibility index (Phi) is 77.9. The minimum atomic E-state index is -4.97. The van der Waals surface area contributed by atoms with Gasteiger partial charge in [-0.15, -0.1) is 0 Å². The van der Waals surface area contributed by atoms with Crippen LogP contribution in [0.1, 0.15) is 472 Å². The third kappa shape index (κ3) is 81.9. The molecule has 3 N–H and O–H groups in total. The van der Waals surface area contributed by atoms with E-state index in [0.717, 1.165) is 102 Å². The minimum absolute atomic E-state index is 0.109. The lowest BCUT2D eigenvalue weighted by Gasteiger charge is -2.21. The number of esters is 4. The summed E-state index contributed by atoms with van der Waals surface area (Å²) in [7, 11) is -9.93. The van der Waals surface area contributed by atoms with E-state index in [1.807, 2.05) is 0 Å². The molecule has 0 heterocycles. The first-order valence-electron chi connectivity index (χ1n) is 45.5. The van der Waals surface area contributed by atoms with Gasteiger partial charge in [-0.1, -0.05) is 420 Å². The maximum absolute atomic E-state index is 13.2. The highest BCUT2D eigenvalue weighted by Gasteiger charge is 2.30. The maximum atomic E-state index is 13.2. The van der Waals surface area contributed by atoms with Gasteiger partial charge >= 0.3 is 39.5 Å². The monoisotopic (exact) mass is 1560 g/mol. The Bertz CT molecular complexity index is 2050. The predicted molar refractivity (Wildman–Crippen MR) is 442 cm³/mol. The average Bonchev–Trinajstić information content (AvgIpc) is 0.909. The molecule has 107 heavy (non-hydrogen) atoms. The zero-order chi connectivity index (χ0) is 78.5. The van der Waals surface area contributed by atoms with Gasteiger partial charge in [0, 0.05) is 25.7 Å². The number of aliphatic hydroxyl groups is 1. The Labute approximate surface area is 658 Å². The number of ether oxygens (including phenoxy) is 4. The van der Waals surface area contributed by atoms with E-state index in [4.69, 9.17) is 37.0 Å². The van der Waals surface area contributed by atoms with E-state index in [1.54, 1.807) is 0 Å². The van der Waals surface area contributed by atoms with E-state index in [-0.39, 0.29) is 25.7 Å². The molecule has 0 rings (SSSR count). The molecule has 0 aromatic heterocycles. The number of hydrogen-bond acceptors (Lipinski definition) is 15. The van der Waals surface area contributed by atoms with Crippen LogP contribution in [0.25, 0.3) is 0 Å². The number of phosphoric acid groups is 2. The SMILES string of the molecule is CCCCCCCCCCCCCCCCCCCCCC(=O)O[C@H](COC(=O)CCCCCCCCCC)COP(=O)(O)OC[C@H](O)COP(=O)(O)OC[C@@H](COC(=O)CCCCCCCCCCCCCCCCCCC(C)C)OC(=O)CCCCCCCCCCCCCCCCCCCCC(C)C. The molecule has 0 saturated heterocycles. The molecule has 0 spiro atoms. The van der Waals surface area contributed by atoms with Gasteiger partial charge in [0.15, 0.2) is 12.2 Å². The number of carbonyl (C=O) groups is 4. The first-order valence-corrected chi connectivity index (χ1v) is 48.5. The normalized spacial score (nSPS) is 13.8. The van der Waals surface area contributed by atoms with E-state index in [9.17, 15) is 43.2 Å². The van der Waals surface area contributed by atoms with Crippen LogP contribution in [0.2, 0.25) is 0 Å². The smallest absolute Gasteiger partial charge is 0.462 e. The van der Waals surface area contributed by atoms with Gasteiger partial charge < -0.3 is 33.8 Å². The average molecular weight is 1560 g/mol. The van der Waals surface area contributed by atoms with Crippen LogP contribution in [0.15, 0.2) is 0 Å². The van der Waals surface area contributed by atoms with Crippen LogP contribution in [0.4, 0.5) is 0 Å². The molecule has 19 heteroatoms. The quantitative estimate of drug-likeness (QED) is 0.0222. The fraction of sp³-hybridized carbons (Fsp3) is 0.955. The zero-order valence-electron chi connectivity index (χ0n) is 70.5.